The predicted octanol–water partition coefficient (Wildman–Crippen LogP) is 3.84. The van der Waals surface area contributed by atoms with Gasteiger partial charge in [-0.2, -0.15) is 0 Å². The number of nitrogens with zero attached hydrogens (tertiary/aromatic N) is 1. The third-order valence-corrected chi connectivity index (χ3v) is 3.91. The average molecular weight is 367 g/mol. The summed E-state index contributed by atoms with van der Waals surface area (Å²) in [6.45, 7) is 2.61. The number of ether oxygens (including phenoxy) is 4. The fourth-order valence-electron chi connectivity index (χ4n) is 2.53. The van der Waals surface area contributed by atoms with Crippen molar-refractivity contribution in [3.05, 3.63) is 59.3 Å². The number of hydrogen-bond donors (Lipinski definition) is 0. The van der Waals surface area contributed by atoms with Crippen LogP contribution in [0.25, 0.3) is 6.08 Å². The minimum absolute atomic E-state index is 0.229. The number of aliphatic imine (C=N–C) groups is 1. The van der Waals surface area contributed by atoms with E-state index in [1.807, 2.05) is 19.1 Å². The van der Waals surface area contributed by atoms with Crippen LogP contribution in [0.3, 0.4) is 0 Å². The van der Waals surface area contributed by atoms with Crippen molar-refractivity contribution in [3.8, 4) is 17.2 Å². The summed E-state index contributed by atoms with van der Waals surface area (Å²) in [5.74, 6) is 1.76. The van der Waals surface area contributed by atoms with Gasteiger partial charge in [0.2, 0.25) is 5.90 Å². The zero-order valence-corrected chi connectivity index (χ0v) is 15.5. The fraction of sp³-hybridized carbons (Fsp3) is 0.238. The standard InChI is InChI=1S/C21H21NO5/c1-4-11-26-19-13-14(5-10-18(19)25-3)12-17-21(23)27-20(22-17)15-6-8-16(24-2)9-7-15/h5-10,12-13H,4,11H2,1-3H3/b17-12-. The van der Waals surface area contributed by atoms with Crippen molar-refractivity contribution in [1.29, 1.82) is 0 Å². The van der Waals surface area contributed by atoms with Crippen LogP contribution < -0.4 is 14.2 Å². The van der Waals surface area contributed by atoms with E-state index < -0.39 is 5.97 Å². The number of cyclic esters (lactones) is 1. The molecule has 1 aliphatic rings. The van der Waals surface area contributed by atoms with E-state index in [-0.39, 0.29) is 11.6 Å². The maximum Gasteiger partial charge on any atom is 0.363 e. The number of esters is 1. The highest BCUT2D eigenvalue weighted by atomic mass is 16.6. The summed E-state index contributed by atoms with van der Waals surface area (Å²) in [4.78, 5) is 16.5. The number of carbonyl (C=O) groups excluding carboxylic acids is 1. The van der Waals surface area contributed by atoms with Crippen molar-refractivity contribution >= 4 is 17.9 Å². The minimum Gasteiger partial charge on any atom is -0.497 e. The van der Waals surface area contributed by atoms with E-state index >= 15 is 0 Å². The summed E-state index contributed by atoms with van der Waals surface area (Å²) >= 11 is 0. The van der Waals surface area contributed by atoms with Gasteiger partial charge in [-0.25, -0.2) is 9.79 Å². The van der Waals surface area contributed by atoms with Gasteiger partial charge in [0.1, 0.15) is 5.75 Å². The molecule has 6 heteroatoms. The Morgan fingerprint density at radius 2 is 1.81 bits per heavy atom. The van der Waals surface area contributed by atoms with Crippen LogP contribution in [0.4, 0.5) is 0 Å². The first-order valence-electron chi connectivity index (χ1n) is 8.62. The second kappa shape index (κ2) is 8.40. The number of methoxy groups -OCH3 is 2. The van der Waals surface area contributed by atoms with Crippen LogP contribution in [0.15, 0.2) is 53.2 Å². The smallest absolute Gasteiger partial charge is 0.363 e. The van der Waals surface area contributed by atoms with Crippen molar-refractivity contribution in [1.82, 2.24) is 0 Å². The molecule has 0 aromatic heterocycles. The second-order valence-corrected chi connectivity index (χ2v) is 5.82. The highest BCUT2D eigenvalue weighted by Crippen LogP contribution is 2.30. The lowest BCUT2D eigenvalue weighted by Crippen LogP contribution is -2.05. The summed E-state index contributed by atoms with van der Waals surface area (Å²) < 4.78 is 21.4. The van der Waals surface area contributed by atoms with Gasteiger partial charge in [-0.15, -0.1) is 0 Å². The molecule has 0 saturated carbocycles. The quantitative estimate of drug-likeness (QED) is 0.549. The third-order valence-electron chi connectivity index (χ3n) is 3.91. The minimum atomic E-state index is -0.493. The lowest BCUT2D eigenvalue weighted by Gasteiger charge is -2.10. The molecule has 0 N–H and O–H groups in total. The van der Waals surface area contributed by atoms with Crippen molar-refractivity contribution in [2.45, 2.75) is 13.3 Å². The molecule has 0 atom stereocenters. The Balaban J connectivity index is 1.87. The van der Waals surface area contributed by atoms with E-state index in [4.69, 9.17) is 18.9 Å². The van der Waals surface area contributed by atoms with Gasteiger partial charge in [0.15, 0.2) is 17.2 Å². The molecule has 6 nitrogen and oxygen atoms in total. The van der Waals surface area contributed by atoms with E-state index in [1.54, 1.807) is 50.6 Å². The van der Waals surface area contributed by atoms with Crippen LogP contribution >= 0.6 is 0 Å². The van der Waals surface area contributed by atoms with E-state index in [9.17, 15) is 4.79 Å². The summed E-state index contributed by atoms with van der Waals surface area (Å²) in [5.41, 5.74) is 1.70. The molecular weight excluding hydrogens is 346 g/mol. The van der Waals surface area contributed by atoms with Gasteiger partial charge in [-0.05, 0) is 54.5 Å². The molecule has 0 saturated heterocycles. The zero-order chi connectivity index (χ0) is 19.2. The van der Waals surface area contributed by atoms with Crippen LogP contribution in [0.1, 0.15) is 24.5 Å². The molecule has 2 aromatic rings. The molecule has 0 bridgehead atoms. The molecule has 0 spiro atoms. The third kappa shape index (κ3) is 4.28. The summed E-state index contributed by atoms with van der Waals surface area (Å²) in [6, 6.07) is 12.6. The van der Waals surface area contributed by atoms with Crippen molar-refractivity contribution in [2.75, 3.05) is 20.8 Å². The summed E-state index contributed by atoms with van der Waals surface area (Å²) in [7, 11) is 3.18. The maximum absolute atomic E-state index is 12.2. The van der Waals surface area contributed by atoms with Gasteiger partial charge in [-0.3, -0.25) is 0 Å². The monoisotopic (exact) mass is 367 g/mol. The number of rotatable bonds is 7. The Morgan fingerprint density at radius 1 is 1.04 bits per heavy atom. The van der Waals surface area contributed by atoms with E-state index in [2.05, 4.69) is 4.99 Å². The zero-order valence-electron chi connectivity index (χ0n) is 15.5. The molecule has 0 unspecified atom stereocenters. The van der Waals surface area contributed by atoms with Gasteiger partial charge < -0.3 is 18.9 Å². The molecule has 0 radical (unpaired) electrons. The number of benzene rings is 2. The van der Waals surface area contributed by atoms with E-state index in [0.717, 1.165) is 17.7 Å². The van der Waals surface area contributed by atoms with Crippen LogP contribution in [0.2, 0.25) is 0 Å². The average Bonchev–Trinajstić information content (AvgIpc) is 3.07. The molecule has 2 aromatic carbocycles. The van der Waals surface area contributed by atoms with E-state index in [1.165, 1.54) is 0 Å². The second-order valence-electron chi connectivity index (χ2n) is 5.82. The number of hydrogen-bond acceptors (Lipinski definition) is 6. The molecule has 27 heavy (non-hydrogen) atoms. The Labute approximate surface area is 158 Å². The molecule has 0 fully saturated rings. The lowest BCUT2D eigenvalue weighted by atomic mass is 10.1. The summed E-state index contributed by atoms with van der Waals surface area (Å²) in [6.07, 6.45) is 2.55. The van der Waals surface area contributed by atoms with Gasteiger partial charge >= 0.3 is 5.97 Å². The van der Waals surface area contributed by atoms with Crippen LogP contribution in [0.5, 0.6) is 17.2 Å². The van der Waals surface area contributed by atoms with Crippen LogP contribution in [-0.4, -0.2) is 32.7 Å². The molecule has 3 rings (SSSR count). The Hall–Kier alpha value is -3.28. The largest absolute Gasteiger partial charge is 0.497 e. The van der Waals surface area contributed by atoms with Crippen molar-refractivity contribution in [2.24, 2.45) is 4.99 Å². The fourth-order valence-corrected chi connectivity index (χ4v) is 2.53. The Bertz CT molecular complexity index is 884. The van der Waals surface area contributed by atoms with Gasteiger partial charge in [0.25, 0.3) is 0 Å². The van der Waals surface area contributed by atoms with Crippen LogP contribution in [-0.2, 0) is 9.53 Å². The molecule has 1 aliphatic heterocycles. The highest BCUT2D eigenvalue weighted by molar-refractivity contribution is 6.12. The molecule has 0 amide bonds. The van der Waals surface area contributed by atoms with Crippen molar-refractivity contribution in [3.63, 3.8) is 0 Å². The first-order valence-corrected chi connectivity index (χ1v) is 8.62. The molecule has 0 aliphatic carbocycles. The van der Waals surface area contributed by atoms with Crippen molar-refractivity contribution < 1.29 is 23.7 Å². The topological polar surface area (TPSA) is 66.3 Å². The van der Waals surface area contributed by atoms with E-state index in [0.29, 0.717) is 23.7 Å². The molecule has 140 valence electrons. The first kappa shape index (κ1) is 18.5. The Kier molecular flexibility index (Phi) is 5.76. The normalized spacial score (nSPS) is 14.7. The first-order chi connectivity index (χ1) is 13.1. The highest BCUT2D eigenvalue weighted by Gasteiger charge is 2.24. The van der Waals surface area contributed by atoms with Gasteiger partial charge in [-0.1, -0.05) is 13.0 Å². The van der Waals surface area contributed by atoms with Gasteiger partial charge in [0, 0.05) is 5.56 Å². The van der Waals surface area contributed by atoms with Crippen LogP contribution in [0, 0.1) is 0 Å². The van der Waals surface area contributed by atoms with Gasteiger partial charge in [0.05, 0.1) is 20.8 Å². The predicted molar refractivity (Wildman–Crippen MR) is 102 cm³/mol. The Morgan fingerprint density at radius 3 is 2.48 bits per heavy atom. The number of carbonyl (C=O) groups is 1. The maximum atomic E-state index is 12.2. The lowest BCUT2D eigenvalue weighted by molar-refractivity contribution is -0.129. The molecular formula is C21H21NO5. The SMILES string of the molecule is CCCOc1cc(/C=C2\N=C(c3ccc(OC)cc3)OC2=O)ccc1OC. The molecule has 1 heterocycles. The summed E-state index contributed by atoms with van der Waals surface area (Å²) in [5, 5.41) is 0.